The van der Waals surface area contributed by atoms with Crippen LogP contribution in [0, 0.1) is 11.6 Å². The van der Waals surface area contributed by atoms with Crippen molar-refractivity contribution in [2.45, 2.75) is 11.3 Å². The summed E-state index contributed by atoms with van der Waals surface area (Å²) in [7, 11) is -4.27. The zero-order valence-corrected chi connectivity index (χ0v) is 15.8. The molecule has 148 valence electrons. The van der Waals surface area contributed by atoms with Crippen LogP contribution in [0.1, 0.15) is 15.9 Å². The van der Waals surface area contributed by atoms with Crippen molar-refractivity contribution in [3.63, 3.8) is 0 Å². The van der Waals surface area contributed by atoms with E-state index in [-0.39, 0.29) is 11.6 Å². The second kappa shape index (κ2) is 7.25. The molecule has 0 aliphatic carbocycles. The SMILES string of the molecule is O=C(c1cccnc1)N1CCc2ccc(NS(=O)(=O)c3ccc(F)cc3F)cc21. The lowest BCUT2D eigenvalue weighted by molar-refractivity contribution is 0.0989. The van der Waals surface area contributed by atoms with Gasteiger partial charge in [-0.2, -0.15) is 0 Å². The van der Waals surface area contributed by atoms with E-state index in [0.29, 0.717) is 30.3 Å². The van der Waals surface area contributed by atoms with Crippen LogP contribution in [-0.2, 0) is 16.4 Å². The number of sulfonamides is 1. The number of pyridine rings is 1. The van der Waals surface area contributed by atoms with Gasteiger partial charge in [0.15, 0.2) is 0 Å². The number of hydrogen-bond donors (Lipinski definition) is 1. The number of amides is 1. The van der Waals surface area contributed by atoms with Gasteiger partial charge >= 0.3 is 0 Å². The maximum atomic E-state index is 13.9. The number of benzene rings is 2. The highest BCUT2D eigenvalue weighted by Crippen LogP contribution is 2.33. The normalized spacial score (nSPS) is 13.2. The minimum Gasteiger partial charge on any atom is -0.308 e. The van der Waals surface area contributed by atoms with E-state index in [1.807, 2.05) is 0 Å². The van der Waals surface area contributed by atoms with Crippen molar-refractivity contribution in [1.82, 2.24) is 4.98 Å². The van der Waals surface area contributed by atoms with Crippen molar-refractivity contribution < 1.29 is 22.0 Å². The molecule has 9 heteroatoms. The first kappa shape index (κ1) is 19.0. The maximum Gasteiger partial charge on any atom is 0.264 e. The van der Waals surface area contributed by atoms with Crippen molar-refractivity contribution in [3.05, 3.63) is 83.7 Å². The standard InChI is InChI=1S/C20H15F2N3O3S/c21-15-4-6-19(17(22)10-15)29(27,28)24-16-5-3-13-7-9-25(18(13)11-16)20(26)14-2-1-8-23-12-14/h1-6,8,10-12,24H,7,9H2. The van der Waals surface area contributed by atoms with Crippen LogP contribution in [0.2, 0.25) is 0 Å². The number of anilines is 2. The molecular weight excluding hydrogens is 400 g/mol. The van der Waals surface area contributed by atoms with E-state index >= 15 is 0 Å². The third kappa shape index (κ3) is 3.68. The summed E-state index contributed by atoms with van der Waals surface area (Å²) in [6.45, 7) is 0.450. The van der Waals surface area contributed by atoms with E-state index in [1.54, 1.807) is 29.3 Å². The lowest BCUT2D eigenvalue weighted by atomic mass is 10.1. The van der Waals surface area contributed by atoms with Crippen LogP contribution in [0.15, 0.2) is 65.8 Å². The second-order valence-electron chi connectivity index (χ2n) is 6.47. The third-order valence-corrected chi connectivity index (χ3v) is 5.98. The first-order valence-corrected chi connectivity index (χ1v) is 10.2. The predicted molar refractivity (Wildman–Crippen MR) is 103 cm³/mol. The molecule has 0 fully saturated rings. The molecule has 2 aromatic carbocycles. The van der Waals surface area contributed by atoms with Gasteiger partial charge in [0.05, 0.1) is 11.3 Å². The molecule has 0 bridgehead atoms. The van der Waals surface area contributed by atoms with Crippen LogP contribution >= 0.6 is 0 Å². The van der Waals surface area contributed by atoms with Crippen LogP contribution in [-0.4, -0.2) is 25.9 Å². The van der Waals surface area contributed by atoms with Crippen LogP contribution in [0.3, 0.4) is 0 Å². The molecule has 0 atom stereocenters. The van der Waals surface area contributed by atoms with E-state index < -0.39 is 26.6 Å². The van der Waals surface area contributed by atoms with Gasteiger partial charge in [0.25, 0.3) is 15.9 Å². The highest BCUT2D eigenvalue weighted by atomic mass is 32.2. The first-order chi connectivity index (χ1) is 13.8. The minimum absolute atomic E-state index is 0.165. The van der Waals surface area contributed by atoms with Crippen LogP contribution in [0.25, 0.3) is 0 Å². The lowest BCUT2D eigenvalue weighted by Crippen LogP contribution is -2.29. The Morgan fingerprint density at radius 2 is 1.93 bits per heavy atom. The Morgan fingerprint density at radius 3 is 2.66 bits per heavy atom. The second-order valence-corrected chi connectivity index (χ2v) is 8.12. The number of fused-ring (bicyclic) bond motifs is 1. The number of hydrogen-bond acceptors (Lipinski definition) is 4. The van der Waals surface area contributed by atoms with E-state index in [9.17, 15) is 22.0 Å². The molecule has 29 heavy (non-hydrogen) atoms. The zero-order valence-electron chi connectivity index (χ0n) is 15.0. The molecule has 1 aliphatic rings. The molecule has 6 nitrogen and oxygen atoms in total. The Balaban J connectivity index is 1.64. The lowest BCUT2D eigenvalue weighted by Gasteiger charge is -2.18. The quantitative estimate of drug-likeness (QED) is 0.709. The molecule has 0 radical (unpaired) electrons. The van der Waals surface area contributed by atoms with Gasteiger partial charge in [-0.1, -0.05) is 6.07 Å². The van der Waals surface area contributed by atoms with Crippen molar-refractivity contribution in [1.29, 1.82) is 0 Å². The fourth-order valence-corrected chi connectivity index (χ4v) is 4.31. The molecule has 4 rings (SSSR count). The van der Waals surface area contributed by atoms with Gasteiger partial charge in [-0.05, 0) is 48.4 Å². The highest BCUT2D eigenvalue weighted by Gasteiger charge is 2.27. The van der Waals surface area contributed by atoms with E-state index in [2.05, 4.69) is 9.71 Å². The molecule has 1 aliphatic heterocycles. The van der Waals surface area contributed by atoms with Gasteiger partial charge < -0.3 is 4.90 Å². The minimum atomic E-state index is -4.27. The summed E-state index contributed by atoms with van der Waals surface area (Å²) in [5.74, 6) is -2.31. The summed E-state index contributed by atoms with van der Waals surface area (Å²) >= 11 is 0. The Hall–Kier alpha value is -3.33. The molecule has 0 saturated heterocycles. The molecule has 3 aromatic rings. The van der Waals surface area contributed by atoms with E-state index in [4.69, 9.17) is 0 Å². The smallest absolute Gasteiger partial charge is 0.264 e. The predicted octanol–water partition coefficient (Wildman–Crippen LogP) is 3.36. The van der Waals surface area contributed by atoms with Crippen LogP contribution in [0.5, 0.6) is 0 Å². The molecule has 1 aromatic heterocycles. The molecule has 0 spiro atoms. The van der Waals surface area contributed by atoms with Crippen molar-refractivity contribution >= 4 is 27.3 Å². The van der Waals surface area contributed by atoms with Crippen molar-refractivity contribution in [3.8, 4) is 0 Å². The van der Waals surface area contributed by atoms with Crippen LogP contribution in [0.4, 0.5) is 20.2 Å². The fraction of sp³-hybridized carbons (Fsp3) is 0.100. The summed E-state index contributed by atoms with van der Waals surface area (Å²) in [4.78, 5) is 17.6. The monoisotopic (exact) mass is 415 g/mol. The Labute approximate surface area is 165 Å². The summed E-state index contributed by atoms with van der Waals surface area (Å²) < 4.78 is 54.3. The first-order valence-electron chi connectivity index (χ1n) is 8.68. The number of carbonyl (C=O) groups excluding carboxylic acids is 1. The summed E-state index contributed by atoms with van der Waals surface area (Å²) in [6, 6.07) is 10.3. The van der Waals surface area contributed by atoms with Gasteiger partial charge in [-0.15, -0.1) is 0 Å². The van der Waals surface area contributed by atoms with E-state index in [1.165, 1.54) is 18.3 Å². The Morgan fingerprint density at radius 1 is 1.10 bits per heavy atom. The zero-order chi connectivity index (χ0) is 20.6. The number of halogens is 2. The van der Waals surface area contributed by atoms with Gasteiger partial charge in [0, 0.05) is 30.7 Å². The molecule has 2 heterocycles. The summed E-state index contributed by atoms with van der Waals surface area (Å²) in [5, 5.41) is 0. The number of aromatic nitrogens is 1. The van der Waals surface area contributed by atoms with Gasteiger partial charge in [0.2, 0.25) is 0 Å². The van der Waals surface area contributed by atoms with Crippen molar-refractivity contribution in [2.75, 3.05) is 16.2 Å². The summed E-state index contributed by atoms with van der Waals surface area (Å²) in [5.41, 5.74) is 2.04. The number of nitrogens with one attached hydrogen (secondary N) is 1. The van der Waals surface area contributed by atoms with E-state index in [0.717, 1.165) is 17.7 Å². The van der Waals surface area contributed by atoms with Gasteiger partial charge in [0.1, 0.15) is 16.5 Å². The maximum absolute atomic E-state index is 13.9. The fourth-order valence-electron chi connectivity index (χ4n) is 3.20. The number of rotatable bonds is 4. The number of carbonyl (C=O) groups is 1. The van der Waals surface area contributed by atoms with Gasteiger partial charge in [-0.25, -0.2) is 17.2 Å². The summed E-state index contributed by atoms with van der Waals surface area (Å²) in [6.07, 6.45) is 3.65. The van der Waals surface area contributed by atoms with Crippen molar-refractivity contribution in [2.24, 2.45) is 0 Å². The Kier molecular flexibility index (Phi) is 4.75. The van der Waals surface area contributed by atoms with Gasteiger partial charge in [-0.3, -0.25) is 14.5 Å². The molecular formula is C20H15F2N3O3S. The highest BCUT2D eigenvalue weighted by molar-refractivity contribution is 7.92. The molecule has 0 unspecified atom stereocenters. The largest absolute Gasteiger partial charge is 0.308 e. The average Bonchev–Trinajstić information content (AvgIpc) is 3.10. The third-order valence-electron chi connectivity index (χ3n) is 4.57. The average molecular weight is 415 g/mol. The molecule has 1 N–H and O–H groups in total. The molecule has 1 amide bonds. The molecule has 0 saturated carbocycles. The van der Waals surface area contributed by atoms with Crippen LogP contribution < -0.4 is 9.62 Å². The number of nitrogens with zero attached hydrogens (tertiary/aromatic N) is 2. The topological polar surface area (TPSA) is 79.4 Å². The Bertz CT molecular complexity index is 1200.